The second-order valence-electron chi connectivity index (χ2n) is 3.26. The number of nitrogens with one attached hydrogen (secondary N) is 1. The van der Waals surface area contributed by atoms with Gasteiger partial charge >= 0.3 is 0 Å². The number of anilines is 2. The largest absolute Gasteiger partial charge is 0.397 e. The number of aryl methyl sites for hydroxylation is 1. The number of hydrogen-bond donors (Lipinski definition) is 2. The van der Waals surface area contributed by atoms with Gasteiger partial charge in [-0.05, 0) is 31.5 Å². The third-order valence-electron chi connectivity index (χ3n) is 1.94. The molecule has 2 heteroatoms. The van der Waals surface area contributed by atoms with E-state index in [-0.39, 0.29) is 6.04 Å². The van der Waals surface area contributed by atoms with Crippen molar-refractivity contribution in [3.63, 3.8) is 0 Å². The SMILES string of the molecule is C=CC(C)Nc1ccc(C)cc1N. The summed E-state index contributed by atoms with van der Waals surface area (Å²) in [6, 6.07) is 6.22. The molecule has 0 spiro atoms. The van der Waals surface area contributed by atoms with Crippen LogP contribution in [-0.4, -0.2) is 6.04 Å². The van der Waals surface area contributed by atoms with E-state index in [0.717, 1.165) is 11.4 Å². The summed E-state index contributed by atoms with van der Waals surface area (Å²) in [5.41, 5.74) is 8.76. The van der Waals surface area contributed by atoms with E-state index < -0.39 is 0 Å². The van der Waals surface area contributed by atoms with Crippen LogP contribution in [0.5, 0.6) is 0 Å². The minimum Gasteiger partial charge on any atom is -0.397 e. The molecule has 13 heavy (non-hydrogen) atoms. The molecule has 2 nitrogen and oxygen atoms in total. The molecule has 0 saturated heterocycles. The highest BCUT2D eigenvalue weighted by molar-refractivity contribution is 5.67. The van der Waals surface area contributed by atoms with E-state index >= 15 is 0 Å². The zero-order chi connectivity index (χ0) is 9.84. The number of nitrogen functional groups attached to an aromatic ring is 1. The molecule has 70 valence electrons. The van der Waals surface area contributed by atoms with E-state index in [4.69, 9.17) is 5.73 Å². The van der Waals surface area contributed by atoms with E-state index in [1.54, 1.807) is 0 Å². The lowest BCUT2D eigenvalue weighted by Crippen LogP contribution is -2.12. The highest BCUT2D eigenvalue weighted by atomic mass is 14.9. The lowest BCUT2D eigenvalue weighted by atomic mass is 10.2. The van der Waals surface area contributed by atoms with Crippen LogP contribution in [0, 0.1) is 6.92 Å². The molecule has 1 aromatic rings. The van der Waals surface area contributed by atoms with Crippen LogP contribution in [-0.2, 0) is 0 Å². The van der Waals surface area contributed by atoms with Crippen molar-refractivity contribution in [3.05, 3.63) is 36.4 Å². The Labute approximate surface area is 79.5 Å². The van der Waals surface area contributed by atoms with Crippen molar-refractivity contribution in [1.29, 1.82) is 0 Å². The van der Waals surface area contributed by atoms with Crippen molar-refractivity contribution in [1.82, 2.24) is 0 Å². The first-order chi connectivity index (χ1) is 6.13. The van der Waals surface area contributed by atoms with Gasteiger partial charge in [0.1, 0.15) is 0 Å². The maximum Gasteiger partial charge on any atom is 0.0578 e. The molecule has 0 aliphatic heterocycles. The number of benzene rings is 1. The number of rotatable bonds is 3. The Morgan fingerprint density at radius 1 is 1.54 bits per heavy atom. The number of hydrogen-bond acceptors (Lipinski definition) is 2. The summed E-state index contributed by atoms with van der Waals surface area (Å²) in [4.78, 5) is 0. The van der Waals surface area contributed by atoms with Gasteiger partial charge in [0.15, 0.2) is 0 Å². The van der Waals surface area contributed by atoms with Crippen LogP contribution in [0.2, 0.25) is 0 Å². The Morgan fingerprint density at radius 3 is 2.77 bits per heavy atom. The van der Waals surface area contributed by atoms with Crippen LogP contribution in [0.3, 0.4) is 0 Å². The maximum atomic E-state index is 5.83. The highest BCUT2D eigenvalue weighted by Gasteiger charge is 2.00. The van der Waals surface area contributed by atoms with Crippen molar-refractivity contribution in [2.75, 3.05) is 11.1 Å². The van der Waals surface area contributed by atoms with E-state index in [9.17, 15) is 0 Å². The molecule has 0 aliphatic carbocycles. The topological polar surface area (TPSA) is 38.0 Å². The van der Waals surface area contributed by atoms with Crippen molar-refractivity contribution < 1.29 is 0 Å². The molecular formula is C11H16N2. The van der Waals surface area contributed by atoms with Crippen LogP contribution >= 0.6 is 0 Å². The summed E-state index contributed by atoms with van der Waals surface area (Å²) in [6.45, 7) is 7.76. The van der Waals surface area contributed by atoms with Gasteiger partial charge in [-0.25, -0.2) is 0 Å². The fraction of sp³-hybridized carbons (Fsp3) is 0.273. The Balaban J connectivity index is 2.83. The molecular weight excluding hydrogens is 160 g/mol. The molecule has 0 aliphatic rings. The predicted octanol–water partition coefficient (Wildman–Crippen LogP) is 2.56. The molecule has 0 radical (unpaired) electrons. The minimum absolute atomic E-state index is 0.241. The Kier molecular flexibility index (Phi) is 2.96. The molecule has 1 aromatic carbocycles. The summed E-state index contributed by atoms with van der Waals surface area (Å²) in [6.07, 6.45) is 1.85. The van der Waals surface area contributed by atoms with E-state index in [1.807, 2.05) is 38.1 Å². The van der Waals surface area contributed by atoms with Gasteiger partial charge in [0.05, 0.1) is 11.4 Å². The molecule has 0 heterocycles. The normalized spacial score (nSPS) is 12.2. The molecule has 0 fully saturated rings. The average Bonchev–Trinajstić information content (AvgIpc) is 2.09. The monoisotopic (exact) mass is 176 g/mol. The lowest BCUT2D eigenvalue weighted by Gasteiger charge is -2.13. The molecule has 0 bridgehead atoms. The molecule has 0 aromatic heterocycles. The second kappa shape index (κ2) is 3.99. The minimum atomic E-state index is 0.241. The van der Waals surface area contributed by atoms with Gasteiger partial charge in [-0.1, -0.05) is 12.1 Å². The Hall–Kier alpha value is -1.44. The van der Waals surface area contributed by atoms with E-state index in [0.29, 0.717) is 0 Å². The first-order valence-electron chi connectivity index (χ1n) is 4.38. The smallest absolute Gasteiger partial charge is 0.0578 e. The summed E-state index contributed by atoms with van der Waals surface area (Å²) in [5, 5.41) is 3.24. The van der Waals surface area contributed by atoms with Gasteiger partial charge in [0, 0.05) is 6.04 Å². The first-order valence-corrected chi connectivity index (χ1v) is 4.38. The summed E-state index contributed by atoms with van der Waals surface area (Å²) in [7, 11) is 0. The van der Waals surface area contributed by atoms with Gasteiger partial charge in [-0.3, -0.25) is 0 Å². The van der Waals surface area contributed by atoms with Crippen LogP contribution < -0.4 is 11.1 Å². The van der Waals surface area contributed by atoms with Crippen LogP contribution in [0.1, 0.15) is 12.5 Å². The van der Waals surface area contributed by atoms with Crippen molar-refractivity contribution >= 4 is 11.4 Å². The van der Waals surface area contributed by atoms with Gasteiger partial charge in [0.25, 0.3) is 0 Å². The fourth-order valence-corrected chi connectivity index (χ4v) is 1.12. The molecule has 1 atom stereocenters. The molecule has 1 rings (SSSR count). The summed E-state index contributed by atoms with van der Waals surface area (Å²) < 4.78 is 0. The number of nitrogens with two attached hydrogens (primary N) is 1. The average molecular weight is 176 g/mol. The second-order valence-corrected chi connectivity index (χ2v) is 3.26. The zero-order valence-corrected chi connectivity index (χ0v) is 8.17. The van der Waals surface area contributed by atoms with E-state index in [1.165, 1.54) is 5.56 Å². The van der Waals surface area contributed by atoms with Gasteiger partial charge in [0.2, 0.25) is 0 Å². The molecule has 3 N–H and O–H groups in total. The standard InChI is InChI=1S/C11H16N2/c1-4-9(3)13-11-6-5-8(2)7-10(11)12/h4-7,9,13H,1,12H2,2-3H3. The molecule has 0 saturated carbocycles. The summed E-state index contributed by atoms with van der Waals surface area (Å²) >= 11 is 0. The van der Waals surface area contributed by atoms with Gasteiger partial charge in [-0.15, -0.1) is 6.58 Å². The first kappa shape index (κ1) is 9.65. The fourth-order valence-electron chi connectivity index (χ4n) is 1.12. The maximum absolute atomic E-state index is 5.83. The summed E-state index contributed by atoms with van der Waals surface area (Å²) in [5.74, 6) is 0. The molecule has 1 unspecified atom stereocenters. The molecule has 0 amide bonds. The van der Waals surface area contributed by atoms with Gasteiger partial charge in [-0.2, -0.15) is 0 Å². The predicted molar refractivity (Wildman–Crippen MR) is 58.9 cm³/mol. The quantitative estimate of drug-likeness (QED) is 0.548. The Bertz CT molecular complexity index is 305. The van der Waals surface area contributed by atoms with Crippen LogP contribution in [0.15, 0.2) is 30.9 Å². The van der Waals surface area contributed by atoms with E-state index in [2.05, 4.69) is 11.9 Å². The van der Waals surface area contributed by atoms with Gasteiger partial charge < -0.3 is 11.1 Å². The third-order valence-corrected chi connectivity index (χ3v) is 1.94. The highest BCUT2D eigenvalue weighted by Crippen LogP contribution is 2.20. The zero-order valence-electron chi connectivity index (χ0n) is 8.17. The van der Waals surface area contributed by atoms with Crippen molar-refractivity contribution in [2.24, 2.45) is 0 Å². The Morgan fingerprint density at radius 2 is 2.23 bits per heavy atom. The lowest BCUT2D eigenvalue weighted by molar-refractivity contribution is 1.00. The van der Waals surface area contributed by atoms with Crippen molar-refractivity contribution in [3.8, 4) is 0 Å². The van der Waals surface area contributed by atoms with Crippen LogP contribution in [0.4, 0.5) is 11.4 Å². The van der Waals surface area contributed by atoms with Crippen molar-refractivity contribution in [2.45, 2.75) is 19.9 Å². The van der Waals surface area contributed by atoms with Crippen LogP contribution in [0.25, 0.3) is 0 Å². The third kappa shape index (κ3) is 2.51.